The molecule has 0 spiro atoms. The lowest BCUT2D eigenvalue weighted by atomic mass is 9.91. The van der Waals surface area contributed by atoms with Crippen molar-refractivity contribution < 1.29 is 9.90 Å². The number of hydrogen-bond acceptors (Lipinski definition) is 4. The molecule has 0 aliphatic carbocycles. The van der Waals surface area contributed by atoms with Gasteiger partial charge in [0.1, 0.15) is 5.75 Å². The Morgan fingerprint density at radius 2 is 1.71 bits per heavy atom. The van der Waals surface area contributed by atoms with E-state index in [-0.39, 0.29) is 22.9 Å². The molecule has 2 rings (SSSR count). The van der Waals surface area contributed by atoms with Crippen LogP contribution in [0.3, 0.4) is 0 Å². The van der Waals surface area contributed by atoms with Crippen molar-refractivity contribution in [1.29, 1.82) is 5.41 Å². The van der Waals surface area contributed by atoms with E-state index < -0.39 is 0 Å². The maximum atomic E-state index is 11.7. The highest BCUT2D eigenvalue weighted by molar-refractivity contribution is 8.18. The summed E-state index contributed by atoms with van der Waals surface area (Å²) in [7, 11) is 0. The summed E-state index contributed by atoms with van der Waals surface area (Å²) < 4.78 is 0. The SMILES string of the molecule is CC(C)c1cc(/C=C2\SC(=N)NC2=O)cc(C(C)C)c1O. The van der Waals surface area contributed by atoms with E-state index in [0.29, 0.717) is 10.7 Å². The number of amides is 1. The number of carbonyl (C=O) groups excluding carboxylic acids is 1. The second-order valence-corrected chi connectivity index (χ2v) is 6.80. The summed E-state index contributed by atoms with van der Waals surface area (Å²) in [6, 6.07) is 3.82. The van der Waals surface area contributed by atoms with Crippen LogP contribution in [0.5, 0.6) is 5.75 Å². The summed E-state index contributed by atoms with van der Waals surface area (Å²) in [5, 5.41) is 20.5. The lowest BCUT2D eigenvalue weighted by Crippen LogP contribution is -2.18. The molecule has 4 nitrogen and oxygen atoms in total. The summed E-state index contributed by atoms with van der Waals surface area (Å²) in [6.07, 6.45) is 1.78. The molecule has 112 valence electrons. The van der Waals surface area contributed by atoms with E-state index in [0.717, 1.165) is 28.5 Å². The summed E-state index contributed by atoms with van der Waals surface area (Å²) in [4.78, 5) is 12.2. The fraction of sp³-hybridized carbons (Fsp3) is 0.375. The molecule has 5 heteroatoms. The number of carbonyl (C=O) groups is 1. The van der Waals surface area contributed by atoms with Crippen LogP contribution in [0.2, 0.25) is 0 Å². The first-order valence-electron chi connectivity index (χ1n) is 6.95. The molecule has 0 unspecified atom stereocenters. The van der Waals surface area contributed by atoms with Crippen molar-refractivity contribution in [2.45, 2.75) is 39.5 Å². The molecule has 0 atom stereocenters. The van der Waals surface area contributed by atoms with Gasteiger partial charge in [-0.05, 0) is 58.5 Å². The highest BCUT2D eigenvalue weighted by Gasteiger charge is 2.23. The highest BCUT2D eigenvalue weighted by Crippen LogP contribution is 2.36. The fourth-order valence-corrected chi connectivity index (χ4v) is 2.96. The normalized spacial score (nSPS) is 17.1. The first-order valence-corrected chi connectivity index (χ1v) is 7.77. The van der Waals surface area contributed by atoms with Crippen LogP contribution < -0.4 is 5.32 Å². The van der Waals surface area contributed by atoms with Gasteiger partial charge in [0.05, 0.1) is 4.91 Å². The average molecular weight is 304 g/mol. The van der Waals surface area contributed by atoms with E-state index in [1.54, 1.807) is 6.08 Å². The van der Waals surface area contributed by atoms with Gasteiger partial charge in [-0.2, -0.15) is 0 Å². The van der Waals surface area contributed by atoms with E-state index in [2.05, 4.69) is 5.32 Å². The van der Waals surface area contributed by atoms with E-state index in [1.807, 2.05) is 39.8 Å². The number of phenols is 1. The Hall–Kier alpha value is -1.75. The van der Waals surface area contributed by atoms with Crippen LogP contribution in [0.25, 0.3) is 6.08 Å². The molecule has 1 aromatic carbocycles. The summed E-state index contributed by atoms with van der Waals surface area (Å²) in [6.45, 7) is 8.12. The van der Waals surface area contributed by atoms with Gasteiger partial charge in [-0.25, -0.2) is 0 Å². The van der Waals surface area contributed by atoms with Crippen LogP contribution in [0.15, 0.2) is 17.0 Å². The van der Waals surface area contributed by atoms with Crippen molar-refractivity contribution >= 4 is 28.9 Å². The summed E-state index contributed by atoms with van der Waals surface area (Å²) in [5.41, 5.74) is 2.64. The van der Waals surface area contributed by atoms with Crippen molar-refractivity contribution in [3.05, 3.63) is 33.7 Å². The van der Waals surface area contributed by atoms with Crippen LogP contribution in [0.4, 0.5) is 0 Å². The smallest absolute Gasteiger partial charge is 0.264 e. The Kier molecular flexibility index (Phi) is 4.42. The Morgan fingerprint density at radius 3 is 2.10 bits per heavy atom. The lowest BCUT2D eigenvalue weighted by Gasteiger charge is -2.16. The Balaban J connectivity index is 2.52. The number of hydrogen-bond donors (Lipinski definition) is 3. The molecule has 21 heavy (non-hydrogen) atoms. The predicted octanol–water partition coefficient (Wildman–Crippen LogP) is 3.78. The number of aromatic hydroxyl groups is 1. The standard InChI is InChI=1S/C16H20N2O2S/c1-8(2)11-5-10(6-12(9(3)4)14(11)19)7-13-15(20)18-16(17)21-13/h5-9,19H,1-4H3,(H2,17,18,20)/b13-7-. The van der Waals surface area contributed by atoms with Gasteiger partial charge in [-0.15, -0.1) is 0 Å². The van der Waals surface area contributed by atoms with Gasteiger partial charge in [-0.1, -0.05) is 27.7 Å². The number of rotatable bonds is 3. The van der Waals surface area contributed by atoms with Crippen molar-refractivity contribution in [1.82, 2.24) is 5.32 Å². The third kappa shape index (κ3) is 3.29. The molecule has 1 aliphatic heterocycles. The van der Waals surface area contributed by atoms with Crippen molar-refractivity contribution in [2.24, 2.45) is 0 Å². The minimum atomic E-state index is -0.240. The largest absolute Gasteiger partial charge is 0.507 e. The zero-order chi connectivity index (χ0) is 15.7. The third-order valence-corrected chi connectivity index (χ3v) is 4.23. The molecule has 0 radical (unpaired) electrons. The molecular formula is C16H20N2O2S. The van der Waals surface area contributed by atoms with Gasteiger partial charge >= 0.3 is 0 Å². The molecule has 3 N–H and O–H groups in total. The van der Waals surface area contributed by atoms with Gasteiger partial charge in [-0.3, -0.25) is 10.2 Å². The first kappa shape index (κ1) is 15.6. The van der Waals surface area contributed by atoms with E-state index in [9.17, 15) is 9.90 Å². The maximum Gasteiger partial charge on any atom is 0.264 e. The third-order valence-electron chi connectivity index (χ3n) is 3.40. The number of benzene rings is 1. The van der Waals surface area contributed by atoms with Gasteiger partial charge in [0.2, 0.25) is 0 Å². The van der Waals surface area contributed by atoms with Crippen LogP contribution >= 0.6 is 11.8 Å². The maximum absolute atomic E-state index is 11.7. The van der Waals surface area contributed by atoms with Crippen molar-refractivity contribution in [3.8, 4) is 5.75 Å². The molecule has 1 heterocycles. The number of thioether (sulfide) groups is 1. The Bertz CT molecular complexity index is 604. The molecule has 1 aliphatic rings. The van der Waals surface area contributed by atoms with E-state index in [1.165, 1.54) is 0 Å². The van der Waals surface area contributed by atoms with Crippen LogP contribution in [-0.4, -0.2) is 16.2 Å². The topological polar surface area (TPSA) is 73.2 Å². The van der Waals surface area contributed by atoms with Crippen molar-refractivity contribution in [2.75, 3.05) is 0 Å². The van der Waals surface area contributed by atoms with Gasteiger partial charge in [0.15, 0.2) is 5.17 Å². The van der Waals surface area contributed by atoms with E-state index in [4.69, 9.17) is 5.41 Å². The summed E-state index contributed by atoms with van der Waals surface area (Å²) >= 11 is 1.12. The second kappa shape index (κ2) is 5.93. The zero-order valence-corrected chi connectivity index (χ0v) is 13.5. The van der Waals surface area contributed by atoms with Gasteiger partial charge in [0, 0.05) is 0 Å². The lowest BCUT2D eigenvalue weighted by molar-refractivity contribution is -0.115. The molecule has 1 amide bonds. The first-order chi connectivity index (χ1) is 9.79. The quantitative estimate of drug-likeness (QED) is 0.744. The second-order valence-electron chi connectivity index (χ2n) is 5.75. The Labute approximate surface area is 129 Å². The Morgan fingerprint density at radius 1 is 1.19 bits per heavy atom. The molecule has 0 bridgehead atoms. The molecule has 1 fully saturated rings. The molecule has 0 saturated carbocycles. The molecule has 0 aromatic heterocycles. The molecule has 1 aromatic rings. The molecular weight excluding hydrogens is 284 g/mol. The highest BCUT2D eigenvalue weighted by atomic mass is 32.2. The van der Waals surface area contributed by atoms with E-state index >= 15 is 0 Å². The fourth-order valence-electron chi connectivity index (χ4n) is 2.26. The van der Waals surface area contributed by atoms with Crippen molar-refractivity contribution in [3.63, 3.8) is 0 Å². The van der Waals surface area contributed by atoms with Crippen LogP contribution in [-0.2, 0) is 4.79 Å². The summed E-state index contributed by atoms with van der Waals surface area (Å²) in [5.74, 6) is 0.502. The number of nitrogens with one attached hydrogen (secondary N) is 2. The minimum Gasteiger partial charge on any atom is -0.507 e. The van der Waals surface area contributed by atoms with Crippen LogP contribution in [0, 0.1) is 5.41 Å². The predicted molar refractivity (Wildman–Crippen MR) is 87.7 cm³/mol. The monoisotopic (exact) mass is 304 g/mol. The van der Waals surface area contributed by atoms with Gasteiger partial charge < -0.3 is 10.4 Å². The average Bonchev–Trinajstić information content (AvgIpc) is 2.69. The minimum absolute atomic E-state index is 0.151. The number of amidine groups is 1. The molecule has 1 saturated heterocycles. The zero-order valence-electron chi connectivity index (χ0n) is 12.7. The number of phenolic OH excluding ortho intramolecular Hbond substituents is 1. The van der Waals surface area contributed by atoms with Gasteiger partial charge in [0.25, 0.3) is 5.91 Å². The van der Waals surface area contributed by atoms with Crippen LogP contribution in [0.1, 0.15) is 56.2 Å².